The van der Waals surface area contributed by atoms with Crippen LogP contribution < -0.4 is 18.9 Å². The van der Waals surface area contributed by atoms with Crippen LogP contribution >= 0.6 is 0 Å². The quantitative estimate of drug-likeness (QED) is 0.753. The normalized spacial score (nSPS) is 14.2. The van der Waals surface area contributed by atoms with Crippen LogP contribution in [0.2, 0.25) is 0 Å². The molecule has 2 heterocycles. The number of para-hydroxylation sites is 1. The molecule has 6 heteroatoms. The van der Waals surface area contributed by atoms with Crippen molar-refractivity contribution in [3.8, 4) is 23.0 Å². The van der Waals surface area contributed by atoms with Crippen LogP contribution in [0.1, 0.15) is 21.5 Å². The molecule has 0 saturated heterocycles. The van der Waals surface area contributed by atoms with Crippen LogP contribution in [0.3, 0.4) is 0 Å². The fraction of sp³-hybridized carbons (Fsp3) is 0.316. The Bertz CT molecular complexity index is 805. The summed E-state index contributed by atoms with van der Waals surface area (Å²) in [7, 11) is 2.04. The topological polar surface area (TPSA) is 57.2 Å². The molecule has 0 aliphatic carbocycles. The first-order chi connectivity index (χ1) is 12.2. The Morgan fingerprint density at radius 2 is 1.76 bits per heavy atom. The molecular weight excluding hydrogens is 322 g/mol. The van der Waals surface area contributed by atoms with Crippen molar-refractivity contribution in [3.05, 3.63) is 47.0 Å². The zero-order valence-electron chi connectivity index (χ0n) is 14.0. The molecule has 130 valence electrons. The molecule has 2 aromatic carbocycles. The summed E-state index contributed by atoms with van der Waals surface area (Å²) in [5.41, 5.74) is 2.71. The highest BCUT2D eigenvalue weighted by Gasteiger charge is 2.19. The number of fused-ring (bicyclic) bond motifs is 2. The first-order valence-electron chi connectivity index (χ1n) is 8.18. The van der Waals surface area contributed by atoms with Crippen LogP contribution in [0, 0.1) is 0 Å². The van der Waals surface area contributed by atoms with Crippen LogP contribution in [0.15, 0.2) is 30.3 Å². The maximum atomic E-state index is 11.4. The van der Waals surface area contributed by atoms with Gasteiger partial charge in [0.2, 0.25) is 13.6 Å². The molecule has 0 radical (unpaired) electrons. The molecule has 25 heavy (non-hydrogen) atoms. The van der Waals surface area contributed by atoms with Crippen molar-refractivity contribution in [2.24, 2.45) is 0 Å². The second kappa shape index (κ2) is 6.64. The maximum Gasteiger partial charge on any atom is 0.231 e. The van der Waals surface area contributed by atoms with E-state index in [2.05, 4.69) is 4.90 Å². The molecule has 0 fully saturated rings. The second-order valence-corrected chi connectivity index (χ2v) is 6.16. The Balaban J connectivity index is 1.43. The van der Waals surface area contributed by atoms with Gasteiger partial charge in [-0.3, -0.25) is 4.79 Å². The Hall–Kier alpha value is -2.73. The number of likely N-dealkylation sites (N-methyl/N-ethyl adjacent to an activating group) is 1. The summed E-state index contributed by atoms with van der Waals surface area (Å²) in [4.78, 5) is 13.5. The summed E-state index contributed by atoms with van der Waals surface area (Å²) in [5, 5.41) is 0. The molecule has 0 atom stereocenters. The van der Waals surface area contributed by atoms with Gasteiger partial charge in [0.15, 0.2) is 23.0 Å². The minimum absolute atomic E-state index is 0.207. The maximum absolute atomic E-state index is 11.4. The SMILES string of the molecule is CN(CCc1cc2c(cc1C=O)OCO2)Cc1cccc2c1OCO2. The third-order valence-corrected chi connectivity index (χ3v) is 4.44. The second-order valence-electron chi connectivity index (χ2n) is 6.16. The Morgan fingerprint density at radius 3 is 2.60 bits per heavy atom. The molecule has 4 rings (SSSR count). The summed E-state index contributed by atoms with van der Waals surface area (Å²) in [5.74, 6) is 2.96. The Morgan fingerprint density at radius 1 is 1.00 bits per heavy atom. The van der Waals surface area contributed by atoms with E-state index in [0.29, 0.717) is 17.1 Å². The van der Waals surface area contributed by atoms with Gasteiger partial charge in [0.25, 0.3) is 0 Å². The number of benzene rings is 2. The van der Waals surface area contributed by atoms with Crippen LogP contribution in [0.4, 0.5) is 0 Å². The lowest BCUT2D eigenvalue weighted by molar-refractivity contribution is 0.112. The smallest absolute Gasteiger partial charge is 0.231 e. The van der Waals surface area contributed by atoms with E-state index >= 15 is 0 Å². The van der Waals surface area contributed by atoms with Crippen molar-refractivity contribution in [3.63, 3.8) is 0 Å². The molecule has 2 aliphatic rings. The fourth-order valence-corrected chi connectivity index (χ4v) is 3.12. The van der Waals surface area contributed by atoms with Crippen molar-refractivity contribution in [1.29, 1.82) is 0 Å². The average Bonchev–Trinajstić information content (AvgIpc) is 3.28. The van der Waals surface area contributed by atoms with Gasteiger partial charge in [0, 0.05) is 24.2 Å². The summed E-state index contributed by atoms with van der Waals surface area (Å²) in [6, 6.07) is 9.58. The lowest BCUT2D eigenvalue weighted by atomic mass is 10.0. The molecule has 0 amide bonds. The summed E-state index contributed by atoms with van der Waals surface area (Å²) < 4.78 is 21.7. The molecule has 0 saturated carbocycles. The number of carbonyl (C=O) groups excluding carboxylic acids is 1. The zero-order valence-corrected chi connectivity index (χ0v) is 14.0. The fourth-order valence-electron chi connectivity index (χ4n) is 3.12. The first kappa shape index (κ1) is 15.8. The summed E-state index contributed by atoms with van der Waals surface area (Å²) in [6.45, 7) is 2.02. The largest absolute Gasteiger partial charge is 0.454 e. The van der Waals surface area contributed by atoms with Gasteiger partial charge in [-0.25, -0.2) is 0 Å². The summed E-state index contributed by atoms with van der Waals surface area (Å²) >= 11 is 0. The molecule has 0 N–H and O–H groups in total. The van der Waals surface area contributed by atoms with E-state index in [1.807, 2.05) is 31.3 Å². The average molecular weight is 341 g/mol. The van der Waals surface area contributed by atoms with E-state index < -0.39 is 0 Å². The van der Waals surface area contributed by atoms with Gasteiger partial charge in [-0.1, -0.05) is 12.1 Å². The highest BCUT2D eigenvalue weighted by atomic mass is 16.7. The molecule has 0 unspecified atom stereocenters. The third kappa shape index (κ3) is 3.13. The number of ether oxygens (including phenoxy) is 4. The van der Waals surface area contributed by atoms with Crippen LogP contribution in [0.5, 0.6) is 23.0 Å². The highest BCUT2D eigenvalue weighted by molar-refractivity contribution is 5.79. The van der Waals surface area contributed by atoms with Gasteiger partial charge in [0.1, 0.15) is 6.29 Å². The van der Waals surface area contributed by atoms with Gasteiger partial charge in [-0.05, 0) is 37.2 Å². The molecule has 0 spiro atoms. The van der Waals surface area contributed by atoms with E-state index in [0.717, 1.165) is 48.4 Å². The molecule has 6 nitrogen and oxygen atoms in total. The van der Waals surface area contributed by atoms with Gasteiger partial charge >= 0.3 is 0 Å². The molecule has 0 aromatic heterocycles. The molecule has 2 aliphatic heterocycles. The zero-order chi connectivity index (χ0) is 17.2. The molecule has 0 bridgehead atoms. The van der Waals surface area contributed by atoms with Gasteiger partial charge in [-0.2, -0.15) is 0 Å². The highest BCUT2D eigenvalue weighted by Crippen LogP contribution is 2.36. The summed E-state index contributed by atoms with van der Waals surface area (Å²) in [6.07, 6.45) is 1.61. The lowest BCUT2D eigenvalue weighted by Crippen LogP contribution is -2.21. The third-order valence-electron chi connectivity index (χ3n) is 4.44. The van der Waals surface area contributed by atoms with Crippen molar-refractivity contribution in [2.75, 3.05) is 27.2 Å². The van der Waals surface area contributed by atoms with Gasteiger partial charge < -0.3 is 23.8 Å². The predicted octanol–water partition coefficient (Wildman–Crippen LogP) is 2.63. The standard InChI is InChI=1S/C19H19NO5/c1-20(9-14-3-2-4-16-19(14)25-12-22-16)6-5-13-7-17-18(24-11-23-17)8-15(13)10-21/h2-4,7-8,10H,5-6,9,11-12H2,1H3. The van der Waals surface area contributed by atoms with Crippen molar-refractivity contribution in [2.45, 2.75) is 13.0 Å². The predicted molar refractivity (Wildman–Crippen MR) is 90.6 cm³/mol. The number of hydrogen-bond donors (Lipinski definition) is 0. The monoisotopic (exact) mass is 341 g/mol. The van der Waals surface area contributed by atoms with Gasteiger partial charge in [0.05, 0.1) is 0 Å². The van der Waals surface area contributed by atoms with E-state index in [-0.39, 0.29) is 13.6 Å². The Kier molecular flexibility index (Phi) is 4.19. The van der Waals surface area contributed by atoms with Crippen molar-refractivity contribution >= 4 is 6.29 Å². The van der Waals surface area contributed by atoms with Crippen molar-refractivity contribution in [1.82, 2.24) is 4.90 Å². The van der Waals surface area contributed by atoms with E-state index in [4.69, 9.17) is 18.9 Å². The minimum atomic E-state index is 0.207. The van der Waals surface area contributed by atoms with Crippen molar-refractivity contribution < 1.29 is 23.7 Å². The number of aldehydes is 1. The number of nitrogens with zero attached hydrogens (tertiary/aromatic N) is 1. The number of hydrogen-bond acceptors (Lipinski definition) is 6. The minimum Gasteiger partial charge on any atom is -0.454 e. The lowest BCUT2D eigenvalue weighted by Gasteiger charge is -2.18. The Labute approximate surface area is 145 Å². The van der Waals surface area contributed by atoms with E-state index in [1.54, 1.807) is 6.07 Å². The first-order valence-corrected chi connectivity index (χ1v) is 8.18. The van der Waals surface area contributed by atoms with Gasteiger partial charge in [-0.15, -0.1) is 0 Å². The van der Waals surface area contributed by atoms with Crippen LogP contribution in [-0.4, -0.2) is 38.4 Å². The molecule has 2 aromatic rings. The van der Waals surface area contributed by atoms with E-state index in [9.17, 15) is 4.79 Å². The van der Waals surface area contributed by atoms with Crippen LogP contribution in [0.25, 0.3) is 0 Å². The molecular formula is C19H19NO5. The van der Waals surface area contributed by atoms with E-state index in [1.165, 1.54) is 0 Å². The number of carbonyl (C=O) groups is 1. The van der Waals surface area contributed by atoms with Crippen LogP contribution in [-0.2, 0) is 13.0 Å². The number of rotatable bonds is 6.